The molecule has 1 aromatic heterocycles. The summed E-state index contributed by atoms with van der Waals surface area (Å²) in [5.41, 5.74) is 2.20. The Hall–Kier alpha value is -3.86. The van der Waals surface area contributed by atoms with Gasteiger partial charge in [0.05, 0.1) is 0 Å². The number of aliphatic carboxylic acids is 1. The molecule has 0 saturated carbocycles. The highest BCUT2D eigenvalue weighted by Gasteiger charge is 2.38. The first-order valence-corrected chi connectivity index (χ1v) is 12.7. The highest BCUT2D eigenvalue weighted by atomic mass is 19.4. The molecule has 0 unspecified atom stereocenters. The fourth-order valence-electron chi connectivity index (χ4n) is 4.25. The molecule has 11 heteroatoms. The fraction of sp³-hybridized carbons (Fsp3) is 0.393. The number of aromatic nitrogens is 1. The quantitative estimate of drug-likeness (QED) is 0.399. The van der Waals surface area contributed by atoms with Crippen molar-refractivity contribution in [3.8, 4) is 0 Å². The third-order valence-corrected chi connectivity index (χ3v) is 6.43. The number of carboxylic acids is 1. The second kappa shape index (κ2) is 13.3. The van der Waals surface area contributed by atoms with Crippen molar-refractivity contribution in [1.82, 2.24) is 15.2 Å². The lowest BCUT2D eigenvalue weighted by Crippen LogP contribution is -2.47. The van der Waals surface area contributed by atoms with Crippen molar-refractivity contribution in [3.05, 3.63) is 66.4 Å². The number of piperidine rings is 1. The molecule has 0 aliphatic carbocycles. The summed E-state index contributed by atoms with van der Waals surface area (Å²) in [6, 6.07) is 17.5. The number of aromatic amines is 1. The summed E-state index contributed by atoms with van der Waals surface area (Å²) >= 11 is 0. The van der Waals surface area contributed by atoms with Gasteiger partial charge in [-0.05, 0) is 61.0 Å². The number of H-pyrrole nitrogens is 1. The number of alkyl halides is 3. The number of amides is 2. The Balaban J connectivity index is 0.000000532. The van der Waals surface area contributed by atoms with Gasteiger partial charge in [-0.2, -0.15) is 13.2 Å². The monoisotopic (exact) mass is 546 g/mol. The van der Waals surface area contributed by atoms with Crippen LogP contribution in [0.15, 0.2) is 60.8 Å². The number of benzene rings is 2. The van der Waals surface area contributed by atoms with Crippen molar-refractivity contribution in [2.45, 2.75) is 38.9 Å². The van der Waals surface area contributed by atoms with E-state index in [9.17, 15) is 22.8 Å². The normalized spacial score (nSPS) is 14.2. The number of carbonyl (C=O) groups is 3. The number of hydrogen-bond acceptors (Lipinski definition) is 4. The topological polar surface area (TPSA) is 106 Å². The van der Waals surface area contributed by atoms with Crippen LogP contribution in [0.3, 0.4) is 0 Å². The van der Waals surface area contributed by atoms with Crippen LogP contribution < -0.4 is 10.2 Å². The van der Waals surface area contributed by atoms with Crippen LogP contribution in [0, 0.1) is 5.92 Å². The van der Waals surface area contributed by atoms with Crippen LogP contribution in [0.5, 0.6) is 0 Å². The van der Waals surface area contributed by atoms with E-state index < -0.39 is 12.1 Å². The Morgan fingerprint density at radius 3 is 2.31 bits per heavy atom. The molecule has 0 radical (unpaired) electrons. The van der Waals surface area contributed by atoms with E-state index >= 15 is 0 Å². The highest BCUT2D eigenvalue weighted by molar-refractivity contribution is 6.10. The smallest absolute Gasteiger partial charge is 0.475 e. The number of rotatable bonds is 7. The highest BCUT2D eigenvalue weighted by Crippen LogP contribution is 2.22. The Labute approximate surface area is 224 Å². The number of carboxylic acid groups (broad SMARTS) is 1. The number of hydrogen-bond donors (Lipinski definition) is 3. The van der Waals surface area contributed by atoms with Crippen LogP contribution in [0.1, 0.15) is 37.0 Å². The lowest BCUT2D eigenvalue weighted by atomic mass is 9.96. The van der Waals surface area contributed by atoms with Crippen LogP contribution in [0.25, 0.3) is 10.9 Å². The average molecular weight is 547 g/mol. The number of fused-ring (bicyclic) bond motifs is 1. The number of likely N-dealkylation sites (tertiary alicyclic amines) is 1. The summed E-state index contributed by atoms with van der Waals surface area (Å²) in [6.45, 7) is 6.84. The lowest BCUT2D eigenvalue weighted by molar-refractivity contribution is -0.192. The molecule has 3 aromatic rings. The van der Waals surface area contributed by atoms with Gasteiger partial charge in [-0.25, -0.2) is 4.79 Å². The van der Waals surface area contributed by atoms with E-state index in [0.29, 0.717) is 17.5 Å². The number of carbonyl (C=O) groups excluding carboxylic acids is 2. The van der Waals surface area contributed by atoms with Crippen molar-refractivity contribution in [2.24, 2.45) is 5.92 Å². The minimum Gasteiger partial charge on any atom is -0.475 e. The molecule has 3 N–H and O–H groups in total. The first kappa shape index (κ1) is 29.7. The van der Waals surface area contributed by atoms with Crippen LogP contribution in [0.4, 0.5) is 18.9 Å². The second-order valence-electron chi connectivity index (χ2n) is 9.70. The molecule has 1 aliphatic heterocycles. The largest absolute Gasteiger partial charge is 0.490 e. The van der Waals surface area contributed by atoms with E-state index in [1.165, 1.54) is 0 Å². The maximum Gasteiger partial charge on any atom is 0.490 e. The summed E-state index contributed by atoms with van der Waals surface area (Å²) < 4.78 is 31.7. The van der Waals surface area contributed by atoms with Gasteiger partial charge < -0.3 is 20.3 Å². The molecule has 0 bridgehead atoms. The van der Waals surface area contributed by atoms with Gasteiger partial charge in [-0.15, -0.1) is 0 Å². The molecule has 1 saturated heterocycles. The first-order chi connectivity index (χ1) is 18.5. The predicted octanol–water partition coefficient (Wildman–Crippen LogP) is 4.68. The van der Waals surface area contributed by atoms with Crippen molar-refractivity contribution < 1.29 is 32.7 Å². The molecule has 2 heterocycles. The van der Waals surface area contributed by atoms with E-state index in [1.807, 2.05) is 65.7 Å². The molecule has 8 nitrogen and oxygen atoms in total. The summed E-state index contributed by atoms with van der Waals surface area (Å²) in [5, 5.41) is 11.7. The Morgan fingerprint density at radius 2 is 1.72 bits per heavy atom. The van der Waals surface area contributed by atoms with Gasteiger partial charge in [-0.3, -0.25) is 14.5 Å². The zero-order chi connectivity index (χ0) is 28.6. The Morgan fingerprint density at radius 1 is 1.08 bits per heavy atom. The molecule has 39 heavy (non-hydrogen) atoms. The predicted molar refractivity (Wildman–Crippen MR) is 143 cm³/mol. The Kier molecular flexibility index (Phi) is 10.1. The van der Waals surface area contributed by atoms with Gasteiger partial charge in [0.1, 0.15) is 6.54 Å². The maximum atomic E-state index is 13.5. The number of para-hydroxylation sites is 1. The lowest BCUT2D eigenvalue weighted by Gasteiger charge is -2.34. The third-order valence-electron chi connectivity index (χ3n) is 6.43. The van der Waals surface area contributed by atoms with Gasteiger partial charge in [0.2, 0.25) is 5.91 Å². The summed E-state index contributed by atoms with van der Waals surface area (Å²) in [4.78, 5) is 42.2. The minimum atomic E-state index is -5.08. The molecule has 2 aromatic carbocycles. The number of nitrogens with zero attached hydrogens (tertiary/aromatic N) is 2. The van der Waals surface area contributed by atoms with E-state index in [2.05, 4.69) is 24.1 Å². The van der Waals surface area contributed by atoms with Crippen LogP contribution in [-0.2, 0) is 9.59 Å². The minimum absolute atomic E-state index is 0.00146. The standard InChI is InChI=1S/C26H32N4O2.C2HF3O2/c1-19(2)28-17-20-11-14-29(15-12-20)25(31)18-30(23-6-4-3-5-7-23)26(32)22-9-8-21-10-13-27-24(21)16-22;3-2(4,5)1(6)7/h3-10,13,16,19-20,27-28H,11-12,14-15,17-18H2,1-2H3;(H,6,7). The number of halogens is 3. The van der Waals surface area contributed by atoms with Crippen molar-refractivity contribution in [2.75, 3.05) is 31.1 Å². The van der Waals surface area contributed by atoms with Gasteiger partial charge in [0.25, 0.3) is 5.91 Å². The van der Waals surface area contributed by atoms with Crippen LogP contribution >= 0.6 is 0 Å². The van der Waals surface area contributed by atoms with Crippen molar-refractivity contribution in [3.63, 3.8) is 0 Å². The van der Waals surface area contributed by atoms with E-state index in [4.69, 9.17) is 9.90 Å². The van der Waals surface area contributed by atoms with E-state index in [0.717, 1.165) is 49.1 Å². The SMILES string of the molecule is CC(C)NCC1CCN(C(=O)CN(C(=O)c2ccc3cc[nH]c3c2)c2ccccc2)CC1.O=C(O)C(F)(F)F. The molecule has 210 valence electrons. The molecular formula is C28H33F3N4O4. The van der Waals surface area contributed by atoms with Crippen LogP contribution in [-0.4, -0.2) is 71.2 Å². The second-order valence-corrected chi connectivity index (χ2v) is 9.70. The zero-order valence-electron chi connectivity index (χ0n) is 21.9. The maximum absolute atomic E-state index is 13.5. The molecule has 1 fully saturated rings. The summed E-state index contributed by atoms with van der Waals surface area (Å²) in [6.07, 6.45) is -1.24. The molecule has 2 amide bonds. The van der Waals surface area contributed by atoms with Crippen molar-refractivity contribution >= 4 is 34.4 Å². The van der Waals surface area contributed by atoms with Gasteiger partial charge >= 0.3 is 12.1 Å². The van der Waals surface area contributed by atoms with Crippen LogP contribution in [0.2, 0.25) is 0 Å². The molecular weight excluding hydrogens is 513 g/mol. The molecule has 0 spiro atoms. The number of nitrogens with one attached hydrogen (secondary N) is 2. The van der Waals surface area contributed by atoms with E-state index in [-0.39, 0.29) is 18.4 Å². The number of anilines is 1. The molecule has 4 rings (SSSR count). The summed E-state index contributed by atoms with van der Waals surface area (Å²) in [7, 11) is 0. The zero-order valence-corrected chi connectivity index (χ0v) is 21.9. The fourth-order valence-corrected chi connectivity index (χ4v) is 4.25. The van der Waals surface area contributed by atoms with Gasteiger partial charge in [0, 0.05) is 42.1 Å². The first-order valence-electron chi connectivity index (χ1n) is 12.7. The average Bonchev–Trinajstić information content (AvgIpc) is 3.39. The Bertz CT molecular complexity index is 1250. The molecule has 0 atom stereocenters. The summed E-state index contributed by atoms with van der Waals surface area (Å²) in [5.74, 6) is -2.33. The van der Waals surface area contributed by atoms with Gasteiger partial charge in [0.15, 0.2) is 0 Å². The molecule has 1 aliphatic rings. The van der Waals surface area contributed by atoms with Gasteiger partial charge in [-0.1, -0.05) is 38.1 Å². The van der Waals surface area contributed by atoms with E-state index in [1.54, 1.807) is 4.90 Å². The van der Waals surface area contributed by atoms with Crippen molar-refractivity contribution in [1.29, 1.82) is 0 Å². The third kappa shape index (κ3) is 8.57.